The van der Waals surface area contributed by atoms with Crippen LogP contribution in [0.25, 0.3) is 11.1 Å². The molecule has 6 rings (SSSR count). The first kappa shape index (κ1) is 41.1. The van der Waals surface area contributed by atoms with Crippen LogP contribution in [-0.2, 0) is 31.8 Å². The number of hydrogen-bond acceptors (Lipinski definition) is 8. The number of carbonyl (C=O) groups excluding carboxylic acids is 2. The van der Waals surface area contributed by atoms with Gasteiger partial charge in [0.1, 0.15) is 0 Å². The van der Waals surface area contributed by atoms with Crippen molar-refractivity contribution in [3.8, 4) is 11.1 Å². The summed E-state index contributed by atoms with van der Waals surface area (Å²) in [4.78, 5) is 27.5. The molecule has 0 saturated carbocycles. The maximum absolute atomic E-state index is 11.4. The van der Waals surface area contributed by atoms with Gasteiger partial charge in [-0.2, -0.15) is 0 Å². The average molecular weight is 777 g/mol. The minimum atomic E-state index is -0.675. The summed E-state index contributed by atoms with van der Waals surface area (Å²) >= 11 is 0. The van der Waals surface area contributed by atoms with Gasteiger partial charge in [-0.05, 0) is 170 Å². The standard InChI is InChI=1S/C50H52N2O6/c1-33-9-17-45(31-35(33)3)51(43-19-11-39(12-20-43)25-27-57-49(53)55-7)47-23-15-41(29-37(47)5)42-16-24-48(38(6)30-42)52(46-18-10-34(2)36(4)32-46)44-21-13-40(14-22-44)26-28-58-50(54)56-8/h9-24,29-32H,25-28H2,1-8H3. The fourth-order valence-electron chi connectivity index (χ4n) is 7.00. The van der Waals surface area contributed by atoms with Crippen LogP contribution in [0.4, 0.5) is 43.7 Å². The van der Waals surface area contributed by atoms with Gasteiger partial charge < -0.3 is 28.7 Å². The number of ether oxygens (including phenoxy) is 4. The molecule has 0 spiro atoms. The van der Waals surface area contributed by atoms with Gasteiger partial charge in [-0.15, -0.1) is 0 Å². The van der Waals surface area contributed by atoms with E-state index in [-0.39, 0.29) is 13.2 Å². The molecule has 58 heavy (non-hydrogen) atoms. The van der Waals surface area contributed by atoms with Crippen LogP contribution < -0.4 is 9.80 Å². The van der Waals surface area contributed by atoms with Gasteiger partial charge >= 0.3 is 12.3 Å². The molecule has 0 aliphatic heterocycles. The molecule has 0 amide bonds. The van der Waals surface area contributed by atoms with E-state index >= 15 is 0 Å². The molecule has 6 aromatic carbocycles. The Labute approximate surface area is 342 Å². The molecule has 0 heterocycles. The first-order chi connectivity index (χ1) is 27.9. The topological polar surface area (TPSA) is 77.5 Å². The van der Waals surface area contributed by atoms with Crippen molar-refractivity contribution >= 4 is 46.4 Å². The third-order valence-corrected chi connectivity index (χ3v) is 10.6. The van der Waals surface area contributed by atoms with Gasteiger partial charge in [0.2, 0.25) is 0 Å². The first-order valence-electron chi connectivity index (χ1n) is 19.5. The van der Waals surface area contributed by atoms with Gasteiger partial charge in [0, 0.05) is 47.0 Å². The molecule has 0 atom stereocenters. The van der Waals surface area contributed by atoms with E-state index in [0.29, 0.717) is 12.8 Å². The van der Waals surface area contributed by atoms with Crippen molar-refractivity contribution in [2.75, 3.05) is 37.2 Å². The largest absolute Gasteiger partial charge is 0.507 e. The zero-order valence-electron chi connectivity index (χ0n) is 34.7. The monoisotopic (exact) mass is 776 g/mol. The highest BCUT2D eigenvalue weighted by Crippen LogP contribution is 2.41. The number of methoxy groups -OCH3 is 2. The number of benzene rings is 6. The Morgan fingerprint density at radius 1 is 0.414 bits per heavy atom. The van der Waals surface area contributed by atoms with E-state index < -0.39 is 12.3 Å². The van der Waals surface area contributed by atoms with Crippen molar-refractivity contribution in [2.45, 2.75) is 54.4 Å². The van der Waals surface area contributed by atoms with E-state index in [1.54, 1.807) is 0 Å². The zero-order chi connectivity index (χ0) is 41.3. The van der Waals surface area contributed by atoms with E-state index in [2.05, 4.69) is 182 Å². The van der Waals surface area contributed by atoms with Crippen molar-refractivity contribution in [3.63, 3.8) is 0 Å². The van der Waals surface area contributed by atoms with Crippen molar-refractivity contribution < 1.29 is 28.5 Å². The van der Waals surface area contributed by atoms with E-state index in [1.807, 2.05) is 0 Å². The summed E-state index contributed by atoms with van der Waals surface area (Å²) in [7, 11) is 2.62. The van der Waals surface area contributed by atoms with Crippen LogP contribution in [0.1, 0.15) is 44.5 Å². The second-order valence-corrected chi connectivity index (χ2v) is 14.6. The Hall–Kier alpha value is -6.54. The summed E-state index contributed by atoms with van der Waals surface area (Å²) in [6.45, 7) is 13.4. The maximum atomic E-state index is 11.4. The number of aryl methyl sites for hydroxylation is 6. The van der Waals surface area contributed by atoms with Crippen molar-refractivity contribution in [1.82, 2.24) is 0 Å². The van der Waals surface area contributed by atoms with Gasteiger partial charge in [-0.3, -0.25) is 0 Å². The lowest BCUT2D eigenvalue weighted by Gasteiger charge is -2.29. The van der Waals surface area contributed by atoms with Crippen LogP contribution in [0.3, 0.4) is 0 Å². The van der Waals surface area contributed by atoms with E-state index in [4.69, 9.17) is 9.47 Å². The van der Waals surface area contributed by atoms with Gasteiger partial charge in [0.15, 0.2) is 0 Å². The first-order valence-corrected chi connectivity index (χ1v) is 19.5. The summed E-state index contributed by atoms with van der Waals surface area (Å²) < 4.78 is 19.4. The molecule has 0 N–H and O–H groups in total. The molecule has 0 bridgehead atoms. The van der Waals surface area contributed by atoms with Crippen LogP contribution in [0, 0.1) is 41.5 Å². The minimum absolute atomic E-state index is 0.252. The highest BCUT2D eigenvalue weighted by Gasteiger charge is 2.19. The van der Waals surface area contributed by atoms with E-state index in [0.717, 1.165) is 67.5 Å². The quantitative estimate of drug-likeness (QED) is 0.107. The molecule has 8 nitrogen and oxygen atoms in total. The van der Waals surface area contributed by atoms with Crippen LogP contribution in [-0.4, -0.2) is 39.7 Å². The predicted octanol–water partition coefficient (Wildman–Crippen LogP) is 12.8. The fourth-order valence-corrected chi connectivity index (χ4v) is 7.00. The number of nitrogens with zero attached hydrogens (tertiary/aromatic N) is 2. The average Bonchev–Trinajstić information content (AvgIpc) is 3.22. The summed E-state index contributed by atoms with van der Waals surface area (Å²) in [6.07, 6.45) is -0.165. The number of anilines is 6. The molecule has 0 aromatic heterocycles. The molecule has 0 aliphatic carbocycles. The van der Waals surface area contributed by atoms with E-state index in [9.17, 15) is 9.59 Å². The number of hydrogen-bond donors (Lipinski definition) is 0. The number of carbonyl (C=O) groups is 2. The zero-order valence-corrected chi connectivity index (χ0v) is 34.7. The lowest BCUT2D eigenvalue weighted by atomic mass is 9.98. The minimum Gasteiger partial charge on any atom is -0.438 e. The molecule has 0 fully saturated rings. The van der Waals surface area contributed by atoms with E-state index in [1.165, 1.54) is 36.5 Å². The normalized spacial score (nSPS) is 10.8. The van der Waals surface area contributed by atoms with Crippen LogP contribution in [0.2, 0.25) is 0 Å². The Morgan fingerprint density at radius 2 is 0.776 bits per heavy atom. The predicted molar refractivity (Wildman–Crippen MR) is 234 cm³/mol. The third kappa shape index (κ3) is 9.69. The summed E-state index contributed by atoms with van der Waals surface area (Å²) in [6, 6.07) is 43.3. The molecule has 6 aromatic rings. The smallest absolute Gasteiger partial charge is 0.438 e. The van der Waals surface area contributed by atoms with Gasteiger partial charge in [-0.1, -0.05) is 48.5 Å². The SMILES string of the molecule is COC(=O)OCCc1ccc(N(c2ccc(C)c(C)c2)c2ccc(-c3ccc(N(c4ccc(CCOC(=O)OC)cc4)c4ccc(C)c(C)c4)c(C)c3)cc2C)cc1. The lowest BCUT2D eigenvalue weighted by molar-refractivity contribution is 0.0727. The van der Waals surface area contributed by atoms with Gasteiger partial charge in [0.25, 0.3) is 0 Å². The van der Waals surface area contributed by atoms with Crippen molar-refractivity contribution in [2.24, 2.45) is 0 Å². The summed E-state index contributed by atoms with van der Waals surface area (Å²) in [5.41, 5.74) is 18.0. The van der Waals surface area contributed by atoms with Crippen molar-refractivity contribution in [1.29, 1.82) is 0 Å². The molecule has 8 heteroatoms. The molecule has 0 radical (unpaired) electrons. The Kier molecular flexibility index (Phi) is 13.2. The molecule has 0 saturated heterocycles. The molecule has 0 aliphatic rings. The van der Waals surface area contributed by atoms with Gasteiger partial charge in [0.05, 0.1) is 27.4 Å². The highest BCUT2D eigenvalue weighted by molar-refractivity contribution is 5.83. The van der Waals surface area contributed by atoms with Crippen molar-refractivity contribution in [3.05, 3.63) is 166 Å². The number of rotatable bonds is 13. The third-order valence-electron chi connectivity index (χ3n) is 10.6. The molecule has 0 unspecified atom stereocenters. The van der Waals surface area contributed by atoms with Crippen LogP contribution in [0.5, 0.6) is 0 Å². The highest BCUT2D eigenvalue weighted by atomic mass is 16.7. The van der Waals surface area contributed by atoms with Crippen LogP contribution >= 0.6 is 0 Å². The second kappa shape index (κ2) is 18.6. The lowest BCUT2D eigenvalue weighted by Crippen LogP contribution is -2.12. The summed E-state index contributed by atoms with van der Waals surface area (Å²) in [5.74, 6) is 0. The van der Waals surface area contributed by atoms with Gasteiger partial charge in [-0.25, -0.2) is 9.59 Å². The van der Waals surface area contributed by atoms with Crippen LogP contribution in [0.15, 0.2) is 121 Å². The second-order valence-electron chi connectivity index (χ2n) is 14.6. The summed E-state index contributed by atoms with van der Waals surface area (Å²) in [5, 5.41) is 0. The maximum Gasteiger partial charge on any atom is 0.507 e. The molecular formula is C50H52N2O6. The fraction of sp³-hybridized carbons (Fsp3) is 0.240. The molecular weight excluding hydrogens is 725 g/mol. The Bertz CT molecular complexity index is 2220. The Morgan fingerprint density at radius 3 is 1.10 bits per heavy atom. The molecule has 298 valence electrons. The Balaban J connectivity index is 1.31.